The van der Waals surface area contributed by atoms with Gasteiger partial charge in [-0.2, -0.15) is 10.4 Å². The topological polar surface area (TPSA) is 87.8 Å². The molecule has 0 saturated heterocycles. The van der Waals surface area contributed by atoms with E-state index < -0.39 is 5.56 Å². The number of benzene rings is 1. The zero-order valence-corrected chi connectivity index (χ0v) is 14.2. The van der Waals surface area contributed by atoms with Gasteiger partial charge in [0.1, 0.15) is 18.2 Å². The van der Waals surface area contributed by atoms with Gasteiger partial charge in [0.2, 0.25) is 5.91 Å². The van der Waals surface area contributed by atoms with E-state index in [9.17, 15) is 9.59 Å². The maximum Gasteiger partial charge on any atom is 0.285 e. The minimum absolute atomic E-state index is 0.0245. The molecule has 2 aromatic rings. The van der Waals surface area contributed by atoms with Crippen molar-refractivity contribution in [2.24, 2.45) is 0 Å². The van der Waals surface area contributed by atoms with Crippen molar-refractivity contribution < 1.29 is 4.79 Å². The minimum atomic E-state index is -0.548. The lowest BCUT2D eigenvalue weighted by atomic mass is 10.1. The zero-order chi connectivity index (χ0) is 17.7. The predicted molar refractivity (Wildman–Crippen MR) is 90.9 cm³/mol. The van der Waals surface area contributed by atoms with Crippen LogP contribution in [0.4, 0.5) is 0 Å². The van der Waals surface area contributed by atoms with Crippen molar-refractivity contribution in [2.45, 2.75) is 26.8 Å². The van der Waals surface area contributed by atoms with Gasteiger partial charge in [0.15, 0.2) is 0 Å². The van der Waals surface area contributed by atoms with Crippen LogP contribution in [-0.4, -0.2) is 22.2 Å². The van der Waals surface area contributed by atoms with Crippen LogP contribution < -0.4 is 10.9 Å². The lowest BCUT2D eigenvalue weighted by Gasteiger charge is -2.09. The van der Waals surface area contributed by atoms with Crippen LogP contribution >= 0.6 is 11.6 Å². The molecule has 0 aliphatic rings. The van der Waals surface area contributed by atoms with Crippen molar-refractivity contribution in [3.8, 4) is 6.07 Å². The monoisotopic (exact) mass is 344 g/mol. The Morgan fingerprint density at radius 2 is 2.00 bits per heavy atom. The summed E-state index contributed by atoms with van der Waals surface area (Å²) >= 11 is 5.82. The highest BCUT2D eigenvalue weighted by Crippen LogP contribution is 2.09. The SMILES string of the molecule is Cc1nn(CC(=O)NCCc2ccc(Cl)cc2)c(=O)c(C#N)c1C. The largest absolute Gasteiger partial charge is 0.354 e. The number of hydrogen-bond acceptors (Lipinski definition) is 4. The molecule has 0 unspecified atom stereocenters. The van der Waals surface area contributed by atoms with E-state index >= 15 is 0 Å². The van der Waals surface area contributed by atoms with Crippen molar-refractivity contribution >= 4 is 17.5 Å². The van der Waals surface area contributed by atoms with Gasteiger partial charge in [0, 0.05) is 11.6 Å². The van der Waals surface area contributed by atoms with Crippen LogP contribution in [0.25, 0.3) is 0 Å². The molecule has 1 heterocycles. The molecule has 6 nitrogen and oxygen atoms in total. The van der Waals surface area contributed by atoms with Crippen LogP contribution in [0.15, 0.2) is 29.1 Å². The summed E-state index contributed by atoms with van der Waals surface area (Å²) in [7, 11) is 0. The molecule has 0 aliphatic heterocycles. The van der Waals surface area contributed by atoms with Gasteiger partial charge in [-0.3, -0.25) is 9.59 Å². The second-order valence-electron chi connectivity index (χ2n) is 5.39. The van der Waals surface area contributed by atoms with Gasteiger partial charge in [0.25, 0.3) is 5.56 Å². The van der Waals surface area contributed by atoms with E-state index in [4.69, 9.17) is 16.9 Å². The third kappa shape index (κ3) is 4.21. The first-order valence-electron chi connectivity index (χ1n) is 7.42. The molecule has 1 N–H and O–H groups in total. The Bertz CT molecular complexity index is 851. The molecular formula is C17H17ClN4O2. The number of hydrogen-bond donors (Lipinski definition) is 1. The number of nitrogens with zero attached hydrogens (tertiary/aromatic N) is 3. The molecule has 1 aromatic heterocycles. The number of halogens is 1. The van der Waals surface area contributed by atoms with Gasteiger partial charge in [0.05, 0.1) is 5.69 Å². The molecule has 7 heteroatoms. The molecule has 0 spiro atoms. The summed E-state index contributed by atoms with van der Waals surface area (Å²) in [6.07, 6.45) is 0.654. The number of carbonyl (C=O) groups is 1. The number of aromatic nitrogens is 2. The molecule has 0 radical (unpaired) electrons. The van der Waals surface area contributed by atoms with Gasteiger partial charge in [-0.1, -0.05) is 23.7 Å². The number of nitriles is 1. The molecule has 0 aliphatic carbocycles. The summed E-state index contributed by atoms with van der Waals surface area (Å²) in [6.45, 7) is 3.59. The maximum atomic E-state index is 12.1. The highest BCUT2D eigenvalue weighted by molar-refractivity contribution is 6.30. The van der Waals surface area contributed by atoms with Crippen molar-refractivity contribution in [3.05, 3.63) is 62.0 Å². The average Bonchev–Trinajstić information content (AvgIpc) is 2.55. The van der Waals surface area contributed by atoms with Crippen LogP contribution in [0.5, 0.6) is 0 Å². The van der Waals surface area contributed by atoms with Crippen LogP contribution in [0.3, 0.4) is 0 Å². The van der Waals surface area contributed by atoms with Gasteiger partial charge in [-0.15, -0.1) is 0 Å². The third-order valence-corrected chi connectivity index (χ3v) is 3.94. The quantitative estimate of drug-likeness (QED) is 0.895. The van der Waals surface area contributed by atoms with Crippen molar-refractivity contribution in [1.29, 1.82) is 5.26 Å². The second-order valence-corrected chi connectivity index (χ2v) is 5.82. The lowest BCUT2D eigenvalue weighted by Crippen LogP contribution is -2.36. The second kappa shape index (κ2) is 7.75. The minimum Gasteiger partial charge on any atom is -0.354 e. The molecule has 2 rings (SSSR count). The molecule has 1 amide bonds. The first kappa shape index (κ1) is 17.7. The van der Waals surface area contributed by atoms with Gasteiger partial charge in [-0.05, 0) is 43.5 Å². The molecule has 0 saturated carbocycles. The highest BCUT2D eigenvalue weighted by atomic mass is 35.5. The first-order chi connectivity index (χ1) is 11.4. The smallest absolute Gasteiger partial charge is 0.285 e. The normalized spacial score (nSPS) is 10.2. The number of nitrogens with one attached hydrogen (secondary N) is 1. The van der Waals surface area contributed by atoms with Crippen LogP contribution in [-0.2, 0) is 17.8 Å². The molecule has 124 valence electrons. The fourth-order valence-electron chi connectivity index (χ4n) is 2.20. The fourth-order valence-corrected chi connectivity index (χ4v) is 2.33. The Balaban J connectivity index is 1.98. The maximum absolute atomic E-state index is 12.1. The summed E-state index contributed by atoms with van der Waals surface area (Å²) in [5.41, 5.74) is 1.62. The van der Waals surface area contributed by atoms with E-state index in [-0.39, 0.29) is 18.0 Å². The van der Waals surface area contributed by atoms with E-state index in [1.165, 1.54) is 0 Å². The predicted octanol–water partition coefficient (Wildman–Crippen LogP) is 1.74. The summed E-state index contributed by atoms with van der Waals surface area (Å²) in [4.78, 5) is 24.1. The zero-order valence-electron chi connectivity index (χ0n) is 13.5. The Kier molecular flexibility index (Phi) is 5.72. The summed E-state index contributed by atoms with van der Waals surface area (Å²) < 4.78 is 1.03. The van der Waals surface area contributed by atoms with Gasteiger partial charge < -0.3 is 5.32 Å². The van der Waals surface area contributed by atoms with Gasteiger partial charge >= 0.3 is 0 Å². The Morgan fingerprint density at radius 3 is 2.62 bits per heavy atom. The standard InChI is InChI=1S/C17H17ClN4O2/c1-11-12(2)21-22(17(24)15(11)9-19)10-16(23)20-8-7-13-3-5-14(18)6-4-13/h3-6H,7-8,10H2,1-2H3,(H,20,23). The Labute approximate surface area is 144 Å². The number of aryl methyl sites for hydroxylation is 1. The molecular weight excluding hydrogens is 328 g/mol. The van der Waals surface area contributed by atoms with Crippen LogP contribution in [0.2, 0.25) is 5.02 Å². The van der Waals surface area contributed by atoms with E-state index in [1.54, 1.807) is 26.0 Å². The fraction of sp³-hybridized carbons (Fsp3) is 0.294. The van der Waals surface area contributed by atoms with Crippen molar-refractivity contribution in [3.63, 3.8) is 0 Å². The summed E-state index contributed by atoms with van der Waals surface area (Å²) in [6, 6.07) is 9.24. The first-order valence-corrected chi connectivity index (χ1v) is 7.79. The van der Waals surface area contributed by atoms with E-state index in [1.807, 2.05) is 18.2 Å². The molecule has 24 heavy (non-hydrogen) atoms. The number of rotatable bonds is 5. The highest BCUT2D eigenvalue weighted by Gasteiger charge is 2.13. The molecule has 0 atom stereocenters. The van der Waals surface area contributed by atoms with Crippen molar-refractivity contribution in [1.82, 2.24) is 15.1 Å². The average molecular weight is 345 g/mol. The van der Waals surface area contributed by atoms with Crippen LogP contribution in [0, 0.1) is 25.2 Å². The molecule has 1 aromatic carbocycles. The van der Waals surface area contributed by atoms with Crippen LogP contribution in [0.1, 0.15) is 22.4 Å². The van der Waals surface area contributed by atoms with E-state index in [2.05, 4.69) is 10.4 Å². The number of amides is 1. The third-order valence-electron chi connectivity index (χ3n) is 3.69. The number of carbonyl (C=O) groups excluding carboxylic acids is 1. The van der Waals surface area contributed by atoms with E-state index in [0.29, 0.717) is 29.2 Å². The van der Waals surface area contributed by atoms with E-state index in [0.717, 1.165) is 10.2 Å². The van der Waals surface area contributed by atoms with Crippen molar-refractivity contribution in [2.75, 3.05) is 6.54 Å². The molecule has 0 fully saturated rings. The summed E-state index contributed by atoms with van der Waals surface area (Å²) in [5.74, 6) is -0.328. The molecule has 0 bridgehead atoms. The summed E-state index contributed by atoms with van der Waals surface area (Å²) in [5, 5.41) is 16.5. The van der Waals surface area contributed by atoms with Gasteiger partial charge in [-0.25, -0.2) is 4.68 Å². The Hall–Kier alpha value is -2.65. The Morgan fingerprint density at radius 1 is 1.33 bits per heavy atom. The lowest BCUT2D eigenvalue weighted by molar-refractivity contribution is -0.121.